The van der Waals surface area contributed by atoms with Gasteiger partial charge >= 0.3 is 0 Å². The summed E-state index contributed by atoms with van der Waals surface area (Å²) in [6, 6.07) is 0. The van der Waals surface area contributed by atoms with E-state index >= 15 is 0 Å². The number of hydrogen-bond donors (Lipinski definition) is 0. The Balaban J connectivity index is 1.88. The predicted octanol–water partition coefficient (Wildman–Crippen LogP) is 4.07. The lowest BCUT2D eigenvalue weighted by molar-refractivity contribution is 0.434. The highest BCUT2D eigenvalue weighted by atomic mass is 32.2. The molecular weight excluding hydrogens is 332 g/mol. The van der Waals surface area contributed by atoms with Gasteiger partial charge in [-0.15, -0.1) is 0 Å². The maximum absolute atomic E-state index is 14.3. The summed E-state index contributed by atoms with van der Waals surface area (Å²) in [5.41, 5.74) is -0.752. The third-order valence-electron chi connectivity index (χ3n) is 4.37. The van der Waals surface area contributed by atoms with Gasteiger partial charge in [0.25, 0.3) is 0 Å². The van der Waals surface area contributed by atoms with Crippen LogP contribution in [0.1, 0.15) is 36.8 Å². The quantitative estimate of drug-likeness (QED) is 0.435. The van der Waals surface area contributed by atoms with Crippen LogP contribution < -0.4 is 0 Å². The fourth-order valence-corrected chi connectivity index (χ4v) is 7.86. The molecule has 1 aromatic carbocycles. The van der Waals surface area contributed by atoms with Crippen LogP contribution in [-0.4, -0.2) is 23.0 Å². The number of benzene rings is 1. The van der Waals surface area contributed by atoms with E-state index in [-0.39, 0.29) is 44.4 Å². The van der Waals surface area contributed by atoms with Crippen molar-refractivity contribution in [3.63, 3.8) is 0 Å². The Morgan fingerprint density at radius 1 is 0.545 bits per heavy atom. The molecule has 2 aliphatic heterocycles. The molecule has 0 unspecified atom stereocenters. The molecule has 3 rings (SSSR count). The fourth-order valence-electron chi connectivity index (χ4n) is 3.10. The predicted molar refractivity (Wildman–Crippen MR) is 86.3 cm³/mol. The average Bonchev–Trinajstić information content (AvgIpc) is 3.19. The summed E-state index contributed by atoms with van der Waals surface area (Å²) in [7, 11) is -0.275. The Labute approximate surface area is 134 Å². The molecule has 6 heteroatoms. The lowest BCUT2D eigenvalue weighted by Crippen LogP contribution is -2.17. The van der Waals surface area contributed by atoms with Gasteiger partial charge in [-0.2, -0.15) is 0 Å². The summed E-state index contributed by atoms with van der Waals surface area (Å²) in [6.07, 6.45) is 4.16. The van der Waals surface area contributed by atoms with Crippen molar-refractivity contribution in [2.45, 2.75) is 37.2 Å². The van der Waals surface area contributed by atoms with Gasteiger partial charge in [-0.25, -0.2) is 17.6 Å². The topological polar surface area (TPSA) is 0 Å². The Bertz CT molecular complexity index is 472. The summed E-state index contributed by atoms with van der Waals surface area (Å²) in [6.45, 7) is 0. The van der Waals surface area contributed by atoms with E-state index < -0.39 is 23.3 Å². The van der Waals surface area contributed by atoms with Crippen molar-refractivity contribution in [3.05, 3.63) is 34.4 Å². The largest absolute Gasteiger partial charge is 0.203 e. The van der Waals surface area contributed by atoms with Gasteiger partial charge in [0.15, 0.2) is 23.3 Å². The highest BCUT2D eigenvalue weighted by Crippen LogP contribution is 2.30. The van der Waals surface area contributed by atoms with Crippen LogP contribution in [0.4, 0.5) is 17.6 Å². The maximum Gasteiger partial charge on any atom is 0.170 e. The van der Waals surface area contributed by atoms with Crippen LogP contribution in [0.25, 0.3) is 0 Å². The molecule has 0 aliphatic carbocycles. The van der Waals surface area contributed by atoms with Gasteiger partial charge in [0.05, 0.1) is 11.1 Å². The van der Waals surface area contributed by atoms with Crippen molar-refractivity contribution in [2.24, 2.45) is 0 Å². The molecule has 0 bridgehead atoms. The molecule has 0 saturated carbocycles. The molecule has 0 spiro atoms. The normalized spacial score (nSPS) is 20.2. The van der Waals surface area contributed by atoms with Gasteiger partial charge < -0.3 is 0 Å². The molecule has 0 atom stereocenters. The second-order valence-electron chi connectivity index (χ2n) is 5.96. The van der Waals surface area contributed by atoms with Gasteiger partial charge in [0, 0.05) is 0 Å². The van der Waals surface area contributed by atoms with Crippen molar-refractivity contribution in [3.8, 4) is 0 Å². The van der Waals surface area contributed by atoms with Crippen LogP contribution in [0.2, 0.25) is 0 Å². The highest BCUT2D eigenvalue weighted by molar-refractivity contribution is 7.96. The van der Waals surface area contributed by atoms with Crippen LogP contribution in [0.3, 0.4) is 0 Å². The van der Waals surface area contributed by atoms with Crippen molar-refractivity contribution < 1.29 is 17.6 Å². The monoisotopic (exact) mass is 352 g/mol. The molecule has 0 N–H and O–H groups in total. The maximum atomic E-state index is 14.3. The Kier molecular flexibility index (Phi) is 5.28. The summed E-state index contributed by atoms with van der Waals surface area (Å²) in [5, 5.41) is 0. The van der Waals surface area contributed by atoms with Gasteiger partial charge in [0.1, 0.15) is 34.5 Å². The Morgan fingerprint density at radius 2 is 0.818 bits per heavy atom. The second kappa shape index (κ2) is 7.04. The van der Waals surface area contributed by atoms with Gasteiger partial charge in [-0.3, -0.25) is 0 Å². The van der Waals surface area contributed by atoms with Gasteiger partial charge in [0.2, 0.25) is 0 Å². The standard InChI is InChI=1S/C16H20F4S2/c17-13-11(9-21-5-1-2-6-21)14(18)16(20)12(15(13)19)10-22-7-3-4-8-22/h1-10H2/q+2. The zero-order valence-corrected chi connectivity index (χ0v) is 14.0. The first-order chi connectivity index (χ1) is 10.6. The van der Waals surface area contributed by atoms with E-state index in [1.807, 2.05) is 0 Å². The first kappa shape index (κ1) is 16.5. The van der Waals surface area contributed by atoms with E-state index in [4.69, 9.17) is 0 Å². The third kappa shape index (κ3) is 3.28. The molecule has 2 heterocycles. The minimum Gasteiger partial charge on any atom is -0.203 e. The molecule has 122 valence electrons. The molecule has 2 aliphatic rings. The average molecular weight is 352 g/mol. The first-order valence-electron chi connectivity index (χ1n) is 7.70. The van der Waals surface area contributed by atoms with Gasteiger partial charge in [-0.05, 0) is 47.5 Å². The van der Waals surface area contributed by atoms with E-state index in [0.717, 1.165) is 48.7 Å². The molecule has 0 radical (unpaired) electrons. The first-order valence-corrected chi connectivity index (χ1v) is 11.2. The van der Waals surface area contributed by atoms with Crippen molar-refractivity contribution >= 4 is 21.8 Å². The Hall–Kier alpha value is -0.360. The zero-order chi connectivity index (χ0) is 15.7. The summed E-state index contributed by atoms with van der Waals surface area (Å²) in [4.78, 5) is 0. The molecule has 1 aromatic rings. The number of hydrogen-bond acceptors (Lipinski definition) is 0. The van der Waals surface area contributed by atoms with Gasteiger partial charge in [-0.1, -0.05) is 0 Å². The van der Waals surface area contributed by atoms with Crippen LogP contribution in [0.5, 0.6) is 0 Å². The Morgan fingerprint density at radius 3 is 1.09 bits per heavy atom. The van der Waals surface area contributed by atoms with Crippen molar-refractivity contribution in [1.82, 2.24) is 0 Å². The molecular formula is C16H20F4S2+2. The third-order valence-corrected chi connectivity index (χ3v) is 9.23. The van der Waals surface area contributed by atoms with Crippen LogP contribution in [-0.2, 0) is 33.3 Å². The minimum atomic E-state index is -1.16. The lowest BCUT2D eigenvalue weighted by atomic mass is 10.1. The molecule has 2 saturated heterocycles. The molecule has 2 fully saturated rings. The number of halogens is 4. The lowest BCUT2D eigenvalue weighted by Gasteiger charge is -2.11. The van der Waals surface area contributed by atoms with Crippen molar-refractivity contribution in [2.75, 3.05) is 23.0 Å². The molecule has 0 nitrogen and oxygen atoms in total. The summed E-state index contributed by atoms with van der Waals surface area (Å²) >= 11 is 0. The number of rotatable bonds is 4. The second-order valence-corrected chi connectivity index (χ2v) is 10.6. The zero-order valence-electron chi connectivity index (χ0n) is 12.4. The van der Waals surface area contributed by atoms with E-state index in [1.54, 1.807) is 0 Å². The molecule has 0 amide bonds. The van der Waals surface area contributed by atoms with Crippen molar-refractivity contribution in [1.29, 1.82) is 0 Å². The molecule has 0 aromatic heterocycles. The van der Waals surface area contributed by atoms with Crippen LogP contribution in [0.15, 0.2) is 0 Å². The summed E-state index contributed by atoms with van der Waals surface area (Å²) in [5.74, 6) is -0.713. The SMILES string of the molecule is Fc1c(F)c(C[S+]2CCCC2)c(F)c(F)c1C[S+]1CCCC1. The minimum absolute atomic E-state index is 0.136. The fraction of sp³-hybridized carbons (Fsp3) is 0.625. The highest BCUT2D eigenvalue weighted by Gasteiger charge is 2.35. The smallest absolute Gasteiger partial charge is 0.170 e. The molecule has 22 heavy (non-hydrogen) atoms. The van der Waals surface area contributed by atoms with E-state index in [9.17, 15) is 17.6 Å². The van der Waals surface area contributed by atoms with E-state index in [2.05, 4.69) is 0 Å². The van der Waals surface area contributed by atoms with E-state index in [1.165, 1.54) is 0 Å². The summed E-state index contributed by atoms with van der Waals surface area (Å²) < 4.78 is 57.0. The van der Waals surface area contributed by atoms with E-state index in [0.29, 0.717) is 0 Å². The van der Waals surface area contributed by atoms with Crippen LogP contribution in [0, 0.1) is 23.3 Å². The van der Waals surface area contributed by atoms with Crippen LogP contribution >= 0.6 is 0 Å².